The number of thioether (sulfide) groups is 1. The lowest BCUT2D eigenvalue weighted by Crippen LogP contribution is -2.29. The van der Waals surface area contributed by atoms with Crippen molar-refractivity contribution in [2.75, 3.05) is 27.1 Å². The van der Waals surface area contributed by atoms with Crippen LogP contribution < -0.4 is 19.5 Å². The molecule has 240 valence electrons. The molecule has 1 N–H and O–H groups in total. The first kappa shape index (κ1) is 31.8. The Morgan fingerprint density at radius 1 is 0.894 bits per heavy atom. The number of benzene rings is 3. The van der Waals surface area contributed by atoms with Crippen molar-refractivity contribution in [3.8, 4) is 22.9 Å². The molecule has 1 aliphatic rings. The maximum atomic E-state index is 14.0. The highest BCUT2D eigenvalue weighted by atomic mass is 32.2. The monoisotopic (exact) mass is 668 g/mol. The molecule has 0 saturated heterocycles. The number of para-hydroxylation sites is 3. The number of hydrogen-bond acceptors (Lipinski definition) is 10. The Labute approximate surface area is 280 Å². The van der Waals surface area contributed by atoms with Gasteiger partial charge in [-0.3, -0.25) is 14.2 Å². The zero-order valence-electron chi connectivity index (χ0n) is 26.0. The van der Waals surface area contributed by atoms with E-state index in [1.165, 1.54) is 16.8 Å². The van der Waals surface area contributed by atoms with Gasteiger partial charge in [-0.05, 0) is 41.8 Å². The largest absolute Gasteiger partial charge is 0.495 e. The average Bonchev–Trinajstić information content (AvgIpc) is 3.90. The average molecular weight is 669 g/mol. The van der Waals surface area contributed by atoms with Gasteiger partial charge in [0.05, 0.1) is 55.9 Å². The maximum Gasteiger partial charge on any atom is 0.253 e. The summed E-state index contributed by atoms with van der Waals surface area (Å²) < 4.78 is 18.7. The Hall–Kier alpha value is -5.14. The molecule has 0 spiro atoms. The van der Waals surface area contributed by atoms with Crippen LogP contribution in [0.4, 0.5) is 0 Å². The molecule has 0 aliphatic carbocycles. The first-order chi connectivity index (χ1) is 23.0. The van der Waals surface area contributed by atoms with Crippen LogP contribution in [-0.4, -0.2) is 64.4 Å². The third-order valence-electron chi connectivity index (χ3n) is 7.56. The summed E-state index contributed by atoms with van der Waals surface area (Å²) in [5.74, 6) is 1.77. The van der Waals surface area contributed by atoms with Gasteiger partial charge in [-0.25, -0.2) is 5.01 Å². The Morgan fingerprint density at radius 3 is 2.40 bits per heavy atom. The lowest BCUT2D eigenvalue weighted by atomic mass is 9.99. The van der Waals surface area contributed by atoms with Crippen LogP contribution in [0, 0.1) is 0 Å². The Morgan fingerprint density at radius 2 is 1.66 bits per heavy atom. The van der Waals surface area contributed by atoms with Gasteiger partial charge in [0, 0.05) is 17.5 Å². The summed E-state index contributed by atoms with van der Waals surface area (Å²) in [7, 11) is 4.76. The minimum absolute atomic E-state index is 0.0215. The lowest BCUT2D eigenvalue weighted by molar-refractivity contribution is -0.130. The molecular formula is C34H32N6O5S2. The molecule has 47 heavy (non-hydrogen) atoms. The number of amides is 2. The summed E-state index contributed by atoms with van der Waals surface area (Å²) in [5.41, 5.74) is 2.83. The van der Waals surface area contributed by atoms with Crippen molar-refractivity contribution in [3.63, 3.8) is 0 Å². The molecule has 2 aromatic heterocycles. The van der Waals surface area contributed by atoms with Crippen LogP contribution in [0.25, 0.3) is 5.69 Å². The van der Waals surface area contributed by atoms with Gasteiger partial charge < -0.3 is 19.5 Å². The van der Waals surface area contributed by atoms with Crippen LogP contribution in [-0.2, 0) is 11.3 Å². The summed E-state index contributed by atoms with van der Waals surface area (Å²) in [6, 6.07) is 25.6. The molecule has 1 atom stereocenters. The number of carbonyl (C=O) groups excluding carboxylic acids is 2. The van der Waals surface area contributed by atoms with E-state index >= 15 is 0 Å². The van der Waals surface area contributed by atoms with Crippen molar-refractivity contribution in [2.24, 2.45) is 5.10 Å². The van der Waals surface area contributed by atoms with Crippen molar-refractivity contribution in [2.45, 2.75) is 24.2 Å². The molecule has 0 radical (unpaired) electrons. The normalized spacial score (nSPS) is 14.1. The number of thiophene rings is 1. The molecular weight excluding hydrogens is 637 g/mol. The zero-order chi connectivity index (χ0) is 32.8. The molecule has 3 aromatic carbocycles. The molecule has 1 unspecified atom stereocenters. The van der Waals surface area contributed by atoms with Crippen molar-refractivity contribution >= 4 is 40.6 Å². The molecule has 0 bridgehead atoms. The van der Waals surface area contributed by atoms with Crippen LogP contribution in [0.2, 0.25) is 0 Å². The Balaban J connectivity index is 1.29. The molecule has 5 aromatic rings. The van der Waals surface area contributed by atoms with E-state index in [1.54, 1.807) is 61.5 Å². The van der Waals surface area contributed by atoms with Crippen molar-refractivity contribution in [3.05, 3.63) is 112 Å². The van der Waals surface area contributed by atoms with E-state index in [0.29, 0.717) is 45.9 Å². The van der Waals surface area contributed by atoms with Gasteiger partial charge in [0.1, 0.15) is 5.75 Å². The second-order valence-corrected chi connectivity index (χ2v) is 12.2. The first-order valence-electron chi connectivity index (χ1n) is 14.7. The van der Waals surface area contributed by atoms with E-state index in [-0.39, 0.29) is 24.1 Å². The molecule has 2 amide bonds. The predicted molar refractivity (Wildman–Crippen MR) is 181 cm³/mol. The van der Waals surface area contributed by atoms with Gasteiger partial charge in [0.15, 0.2) is 22.5 Å². The Bertz CT molecular complexity index is 1890. The highest BCUT2D eigenvalue weighted by Crippen LogP contribution is 2.42. The zero-order valence-corrected chi connectivity index (χ0v) is 27.6. The fourth-order valence-electron chi connectivity index (χ4n) is 5.36. The maximum absolute atomic E-state index is 14.0. The van der Waals surface area contributed by atoms with Crippen molar-refractivity contribution in [1.82, 2.24) is 25.1 Å². The number of nitrogens with zero attached hydrogens (tertiary/aromatic N) is 5. The number of aromatic nitrogens is 3. The Kier molecular flexibility index (Phi) is 9.83. The van der Waals surface area contributed by atoms with Crippen LogP contribution in [0.5, 0.6) is 17.2 Å². The van der Waals surface area contributed by atoms with Crippen molar-refractivity contribution in [1.29, 1.82) is 0 Å². The van der Waals surface area contributed by atoms with E-state index in [2.05, 4.69) is 15.5 Å². The molecule has 13 heteroatoms. The topological polar surface area (TPSA) is 120 Å². The minimum Gasteiger partial charge on any atom is -0.495 e. The number of hydrogen-bond donors (Lipinski definition) is 1. The fourth-order valence-corrected chi connectivity index (χ4v) is 6.89. The van der Waals surface area contributed by atoms with Crippen molar-refractivity contribution < 1.29 is 23.8 Å². The summed E-state index contributed by atoms with van der Waals surface area (Å²) in [4.78, 5) is 27.8. The number of carbonyl (C=O) groups is 2. The predicted octanol–water partition coefficient (Wildman–Crippen LogP) is 5.75. The quantitative estimate of drug-likeness (QED) is 0.167. The van der Waals surface area contributed by atoms with Gasteiger partial charge in [0.25, 0.3) is 11.8 Å². The summed E-state index contributed by atoms with van der Waals surface area (Å²) >= 11 is 2.80. The molecule has 0 saturated carbocycles. The van der Waals surface area contributed by atoms with Gasteiger partial charge in [0.2, 0.25) is 0 Å². The third kappa shape index (κ3) is 6.71. The molecule has 1 aliphatic heterocycles. The smallest absolute Gasteiger partial charge is 0.253 e. The third-order valence-corrected chi connectivity index (χ3v) is 9.39. The molecule has 0 fully saturated rings. The number of nitrogens with one attached hydrogen (secondary N) is 1. The highest BCUT2D eigenvalue weighted by Gasteiger charge is 2.36. The molecule has 3 heterocycles. The van der Waals surface area contributed by atoms with Crippen LogP contribution in [0.3, 0.4) is 0 Å². The SMILES string of the molecule is COc1ccccc1-n1c(CNC(=O)c2ccccc2)nnc1SCC(=O)N1N=C(c2cccs2)CC1c1cccc(OC)c1OC. The van der Waals surface area contributed by atoms with Crippen LogP contribution >= 0.6 is 23.1 Å². The van der Waals surface area contributed by atoms with E-state index in [1.807, 2.05) is 66.0 Å². The van der Waals surface area contributed by atoms with Gasteiger partial charge in [-0.1, -0.05) is 60.3 Å². The first-order valence-corrected chi connectivity index (χ1v) is 16.6. The number of ether oxygens (including phenoxy) is 3. The minimum atomic E-state index is -0.402. The second-order valence-electron chi connectivity index (χ2n) is 10.3. The van der Waals surface area contributed by atoms with E-state index in [9.17, 15) is 9.59 Å². The van der Waals surface area contributed by atoms with Crippen LogP contribution in [0.15, 0.2) is 101 Å². The number of hydrazone groups is 1. The number of rotatable bonds is 12. The fraction of sp³-hybridized carbons (Fsp3) is 0.206. The summed E-state index contributed by atoms with van der Waals surface area (Å²) in [6.07, 6.45) is 0.517. The molecule has 11 nitrogen and oxygen atoms in total. The second kappa shape index (κ2) is 14.5. The van der Waals surface area contributed by atoms with Gasteiger partial charge in [-0.2, -0.15) is 5.10 Å². The lowest BCUT2D eigenvalue weighted by Gasteiger charge is -2.24. The summed E-state index contributed by atoms with van der Waals surface area (Å²) in [6.45, 7) is 0.103. The summed E-state index contributed by atoms with van der Waals surface area (Å²) in [5, 5.41) is 20.5. The van der Waals surface area contributed by atoms with Crippen LogP contribution in [0.1, 0.15) is 39.1 Å². The highest BCUT2D eigenvalue weighted by molar-refractivity contribution is 7.99. The van der Waals surface area contributed by atoms with Gasteiger partial charge >= 0.3 is 0 Å². The van der Waals surface area contributed by atoms with E-state index in [0.717, 1.165) is 16.2 Å². The molecule has 6 rings (SSSR count). The van der Waals surface area contributed by atoms with E-state index in [4.69, 9.17) is 19.3 Å². The van der Waals surface area contributed by atoms with E-state index < -0.39 is 6.04 Å². The standard InChI is InChI=1S/C34H32N6O5S2/c1-43-27-15-8-7-14-25(27)39-30(20-35-33(42)22-11-5-4-6-12-22)36-37-34(39)47-21-31(41)40-26(19-24(38-40)29-17-10-18-46-29)23-13-9-16-28(44-2)32(23)45-3/h4-18,26H,19-21H2,1-3H3,(H,35,42). The number of methoxy groups -OCH3 is 3. The van der Waals surface area contributed by atoms with Gasteiger partial charge in [-0.15, -0.1) is 21.5 Å².